The lowest BCUT2D eigenvalue weighted by Crippen LogP contribution is -2.55. The quantitative estimate of drug-likeness (QED) is 0.712. The first-order chi connectivity index (χ1) is 6.73. The lowest BCUT2D eigenvalue weighted by atomic mass is 9.90. The molecule has 14 heavy (non-hydrogen) atoms. The van der Waals surface area contributed by atoms with Gasteiger partial charge in [-0.1, -0.05) is 6.07 Å². The summed E-state index contributed by atoms with van der Waals surface area (Å²) in [6.07, 6.45) is 3.78. The molecule has 0 bridgehead atoms. The zero-order valence-electron chi connectivity index (χ0n) is 8.83. The molecule has 0 spiro atoms. The molecule has 3 heteroatoms. The van der Waals surface area contributed by atoms with E-state index in [1.807, 2.05) is 18.5 Å². The summed E-state index contributed by atoms with van der Waals surface area (Å²) in [5.41, 5.74) is 1.38. The molecule has 1 saturated heterocycles. The molecule has 0 radical (unpaired) electrons. The van der Waals surface area contributed by atoms with Crippen LogP contribution in [0.4, 0.5) is 0 Å². The number of nitrogens with one attached hydrogen (secondary N) is 1. The van der Waals surface area contributed by atoms with Crippen LogP contribution >= 0.6 is 0 Å². The van der Waals surface area contributed by atoms with Crippen LogP contribution in [0, 0.1) is 0 Å². The molecule has 1 aliphatic rings. The molecule has 1 fully saturated rings. The standard InChI is InChI=1S/C11H17N3/c1-11(9-13-6-7-14(11)2)10-4-3-5-12-8-10/h3-5,8,13H,6-7,9H2,1-2H3. The molecule has 1 unspecified atom stereocenters. The van der Waals surface area contributed by atoms with E-state index in [1.54, 1.807) is 0 Å². The van der Waals surface area contributed by atoms with E-state index in [9.17, 15) is 0 Å². The fourth-order valence-electron chi connectivity index (χ4n) is 1.96. The summed E-state index contributed by atoms with van der Waals surface area (Å²) in [6, 6.07) is 4.15. The van der Waals surface area contributed by atoms with E-state index in [0.29, 0.717) is 0 Å². The van der Waals surface area contributed by atoms with Crippen molar-refractivity contribution in [3.8, 4) is 0 Å². The van der Waals surface area contributed by atoms with Gasteiger partial charge < -0.3 is 5.32 Å². The van der Waals surface area contributed by atoms with Crippen LogP contribution in [0.2, 0.25) is 0 Å². The monoisotopic (exact) mass is 191 g/mol. The molecule has 3 nitrogen and oxygen atoms in total. The van der Waals surface area contributed by atoms with E-state index in [2.05, 4.69) is 35.2 Å². The first-order valence-electron chi connectivity index (χ1n) is 5.06. The van der Waals surface area contributed by atoms with Crippen molar-refractivity contribution in [2.24, 2.45) is 0 Å². The minimum absolute atomic E-state index is 0.0898. The Morgan fingerprint density at radius 3 is 3.07 bits per heavy atom. The van der Waals surface area contributed by atoms with Gasteiger partial charge in [0.25, 0.3) is 0 Å². The van der Waals surface area contributed by atoms with Crippen LogP contribution in [0.5, 0.6) is 0 Å². The Morgan fingerprint density at radius 2 is 2.43 bits per heavy atom. The zero-order valence-corrected chi connectivity index (χ0v) is 8.83. The molecule has 76 valence electrons. The van der Waals surface area contributed by atoms with Gasteiger partial charge in [0.1, 0.15) is 0 Å². The van der Waals surface area contributed by atoms with E-state index in [1.165, 1.54) is 5.56 Å². The molecule has 1 aromatic rings. The summed E-state index contributed by atoms with van der Waals surface area (Å²) >= 11 is 0. The van der Waals surface area contributed by atoms with Crippen molar-refractivity contribution in [2.45, 2.75) is 12.5 Å². The third-order valence-electron chi connectivity index (χ3n) is 3.22. The fourth-order valence-corrected chi connectivity index (χ4v) is 1.96. The molecular formula is C11H17N3. The van der Waals surface area contributed by atoms with E-state index in [4.69, 9.17) is 0 Å². The Balaban J connectivity index is 2.30. The van der Waals surface area contributed by atoms with Crippen molar-refractivity contribution >= 4 is 0 Å². The normalized spacial score (nSPS) is 29.0. The van der Waals surface area contributed by atoms with Gasteiger partial charge in [-0.2, -0.15) is 0 Å². The fraction of sp³-hybridized carbons (Fsp3) is 0.545. The van der Waals surface area contributed by atoms with E-state index >= 15 is 0 Å². The highest BCUT2D eigenvalue weighted by Gasteiger charge is 2.33. The molecule has 1 aromatic heterocycles. The van der Waals surface area contributed by atoms with Crippen molar-refractivity contribution in [3.05, 3.63) is 30.1 Å². The Kier molecular flexibility index (Phi) is 2.52. The summed E-state index contributed by atoms with van der Waals surface area (Å²) in [5.74, 6) is 0. The van der Waals surface area contributed by atoms with Crippen LogP contribution < -0.4 is 5.32 Å². The Morgan fingerprint density at radius 1 is 1.57 bits per heavy atom. The number of hydrogen-bond donors (Lipinski definition) is 1. The van der Waals surface area contributed by atoms with Crippen LogP contribution in [-0.4, -0.2) is 36.6 Å². The van der Waals surface area contributed by atoms with Crippen LogP contribution in [0.25, 0.3) is 0 Å². The molecule has 2 heterocycles. The van der Waals surface area contributed by atoms with Gasteiger partial charge >= 0.3 is 0 Å². The van der Waals surface area contributed by atoms with Gasteiger partial charge in [-0.25, -0.2) is 0 Å². The van der Waals surface area contributed by atoms with E-state index in [-0.39, 0.29) is 5.54 Å². The second kappa shape index (κ2) is 3.67. The largest absolute Gasteiger partial charge is 0.313 e. The zero-order chi connectivity index (χ0) is 10.0. The first kappa shape index (κ1) is 9.62. The van der Waals surface area contributed by atoms with E-state index in [0.717, 1.165) is 19.6 Å². The van der Waals surface area contributed by atoms with Crippen LogP contribution in [0.3, 0.4) is 0 Å². The molecule has 1 atom stereocenters. The SMILES string of the molecule is CN1CCNCC1(C)c1cccnc1. The van der Waals surface area contributed by atoms with Gasteiger partial charge in [-0.05, 0) is 25.6 Å². The number of pyridine rings is 1. The van der Waals surface area contributed by atoms with Crippen LogP contribution in [0.15, 0.2) is 24.5 Å². The second-order valence-corrected chi connectivity index (χ2v) is 4.11. The van der Waals surface area contributed by atoms with Gasteiger partial charge in [0.2, 0.25) is 0 Å². The third kappa shape index (κ3) is 1.53. The number of likely N-dealkylation sites (N-methyl/N-ethyl adjacent to an activating group) is 1. The summed E-state index contributed by atoms with van der Waals surface area (Å²) in [6.45, 7) is 5.42. The number of nitrogens with zero attached hydrogens (tertiary/aromatic N) is 2. The highest BCUT2D eigenvalue weighted by atomic mass is 15.2. The first-order valence-corrected chi connectivity index (χ1v) is 5.06. The molecule has 2 rings (SSSR count). The summed E-state index contributed by atoms with van der Waals surface area (Å²) in [4.78, 5) is 6.57. The molecular weight excluding hydrogens is 174 g/mol. The van der Waals surface area contributed by atoms with Gasteiger partial charge in [0, 0.05) is 32.0 Å². The van der Waals surface area contributed by atoms with Gasteiger partial charge in [0.15, 0.2) is 0 Å². The molecule has 0 amide bonds. The minimum Gasteiger partial charge on any atom is -0.313 e. The van der Waals surface area contributed by atoms with Crippen LogP contribution in [-0.2, 0) is 5.54 Å². The van der Waals surface area contributed by atoms with Gasteiger partial charge in [-0.3, -0.25) is 9.88 Å². The second-order valence-electron chi connectivity index (χ2n) is 4.11. The van der Waals surface area contributed by atoms with Gasteiger partial charge in [-0.15, -0.1) is 0 Å². The average Bonchev–Trinajstić information content (AvgIpc) is 2.24. The highest BCUT2D eigenvalue weighted by molar-refractivity contribution is 5.21. The predicted molar refractivity (Wildman–Crippen MR) is 57.1 cm³/mol. The molecule has 1 N–H and O–H groups in total. The summed E-state index contributed by atoms with van der Waals surface area (Å²) < 4.78 is 0. The molecule has 0 aliphatic carbocycles. The number of hydrogen-bond acceptors (Lipinski definition) is 3. The maximum absolute atomic E-state index is 4.19. The lowest BCUT2D eigenvalue weighted by Gasteiger charge is -2.43. The van der Waals surface area contributed by atoms with Gasteiger partial charge in [0.05, 0.1) is 5.54 Å². The van der Waals surface area contributed by atoms with Crippen molar-refractivity contribution in [1.82, 2.24) is 15.2 Å². The topological polar surface area (TPSA) is 28.2 Å². The maximum Gasteiger partial charge on any atom is 0.0570 e. The predicted octanol–water partition coefficient (Wildman–Crippen LogP) is 0.832. The number of piperazine rings is 1. The van der Waals surface area contributed by atoms with Crippen molar-refractivity contribution < 1.29 is 0 Å². The van der Waals surface area contributed by atoms with Crippen molar-refractivity contribution in [3.63, 3.8) is 0 Å². The minimum atomic E-state index is 0.0898. The number of rotatable bonds is 1. The van der Waals surface area contributed by atoms with Crippen molar-refractivity contribution in [2.75, 3.05) is 26.7 Å². The van der Waals surface area contributed by atoms with Crippen molar-refractivity contribution in [1.29, 1.82) is 0 Å². The summed E-state index contributed by atoms with van der Waals surface area (Å²) in [7, 11) is 2.17. The Labute approximate surface area is 85.1 Å². The maximum atomic E-state index is 4.19. The lowest BCUT2D eigenvalue weighted by molar-refractivity contribution is 0.103. The number of aromatic nitrogens is 1. The smallest absolute Gasteiger partial charge is 0.0570 e. The third-order valence-corrected chi connectivity index (χ3v) is 3.22. The molecule has 1 aliphatic heterocycles. The van der Waals surface area contributed by atoms with E-state index < -0.39 is 0 Å². The molecule has 0 aromatic carbocycles. The Bertz CT molecular complexity index is 299. The highest BCUT2D eigenvalue weighted by Crippen LogP contribution is 2.26. The average molecular weight is 191 g/mol. The summed E-state index contributed by atoms with van der Waals surface area (Å²) in [5, 5.41) is 3.43. The van der Waals surface area contributed by atoms with Crippen LogP contribution in [0.1, 0.15) is 12.5 Å². The Hall–Kier alpha value is -0.930. The molecule has 0 saturated carbocycles.